The second-order valence-corrected chi connectivity index (χ2v) is 7.35. The van der Waals surface area contributed by atoms with Crippen LogP contribution in [0.25, 0.3) is 28.1 Å². The molecule has 1 N–H and O–H groups in total. The maximum atomic E-state index is 4.66. The number of para-hydroxylation sites is 1. The van der Waals surface area contributed by atoms with E-state index in [1.165, 1.54) is 37.7 Å². The fourth-order valence-corrected chi connectivity index (χ4v) is 4.34. The van der Waals surface area contributed by atoms with Crippen LogP contribution in [0.3, 0.4) is 0 Å². The maximum absolute atomic E-state index is 4.66. The van der Waals surface area contributed by atoms with Crippen LogP contribution < -0.4 is 5.32 Å². The van der Waals surface area contributed by atoms with E-state index in [0.29, 0.717) is 11.7 Å². The van der Waals surface area contributed by atoms with Crippen LogP contribution in [0.2, 0.25) is 0 Å². The topological polar surface area (TPSA) is 55.1 Å². The van der Waals surface area contributed by atoms with Gasteiger partial charge in [0.05, 0.1) is 5.52 Å². The van der Waals surface area contributed by atoms with E-state index in [4.69, 9.17) is 0 Å². The summed E-state index contributed by atoms with van der Waals surface area (Å²) < 4.78 is 2.07. The minimum atomic E-state index is 0.621. The van der Waals surface area contributed by atoms with Gasteiger partial charge in [-0.2, -0.15) is 4.98 Å². The van der Waals surface area contributed by atoms with E-state index in [0.717, 1.165) is 28.1 Å². The van der Waals surface area contributed by atoms with Crippen molar-refractivity contribution in [3.8, 4) is 11.4 Å². The molecular formula is C22H23N5. The lowest BCUT2D eigenvalue weighted by Gasteiger charge is -2.22. The molecule has 2 aromatic heterocycles. The molecule has 0 spiro atoms. The molecular weight excluding hydrogens is 334 g/mol. The first kappa shape index (κ1) is 16.2. The lowest BCUT2D eigenvalue weighted by Crippen LogP contribution is -2.04. The largest absolute Gasteiger partial charge is 0.372 e. The summed E-state index contributed by atoms with van der Waals surface area (Å²) in [6.07, 6.45) is 6.63. The standard InChI is InChI=1S/C22H23N5/c1-23-20-18-12-5-6-13-19(18)27-21(25-26-22(27)24-20)17-11-7-10-16(14-17)15-8-3-2-4-9-15/h5-7,10-15H,2-4,8-9H2,1H3,(H,23,24,26). The number of benzene rings is 2. The molecule has 0 amide bonds. The summed E-state index contributed by atoms with van der Waals surface area (Å²) in [4.78, 5) is 4.66. The molecule has 5 nitrogen and oxygen atoms in total. The predicted molar refractivity (Wildman–Crippen MR) is 109 cm³/mol. The van der Waals surface area contributed by atoms with Gasteiger partial charge in [0.25, 0.3) is 5.78 Å². The van der Waals surface area contributed by atoms with Crippen LogP contribution in [-0.4, -0.2) is 26.6 Å². The Balaban J connectivity index is 1.69. The van der Waals surface area contributed by atoms with Crippen LogP contribution in [0, 0.1) is 0 Å². The molecule has 4 aromatic rings. The molecule has 0 radical (unpaired) electrons. The Morgan fingerprint density at radius 2 is 1.81 bits per heavy atom. The summed E-state index contributed by atoms with van der Waals surface area (Å²) in [5.74, 6) is 2.97. The molecule has 0 unspecified atom stereocenters. The number of anilines is 1. The van der Waals surface area contributed by atoms with Crippen LogP contribution in [-0.2, 0) is 0 Å². The molecule has 0 bridgehead atoms. The van der Waals surface area contributed by atoms with E-state index in [9.17, 15) is 0 Å². The first-order chi connectivity index (χ1) is 13.3. The smallest absolute Gasteiger partial charge is 0.257 e. The third-order valence-electron chi connectivity index (χ3n) is 5.72. The van der Waals surface area contributed by atoms with Crippen molar-refractivity contribution in [2.75, 3.05) is 12.4 Å². The summed E-state index contributed by atoms with van der Waals surface area (Å²) in [6.45, 7) is 0. The highest BCUT2D eigenvalue weighted by Crippen LogP contribution is 2.34. The molecule has 0 atom stereocenters. The molecule has 27 heavy (non-hydrogen) atoms. The lowest BCUT2D eigenvalue weighted by atomic mass is 9.83. The fraction of sp³-hybridized carbons (Fsp3) is 0.318. The second-order valence-electron chi connectivity index (χ2n) is 7.35. The number of aromatic nitrogens is 4. The van der Waals surface area contributed by atoms with Gasteiger partial charge in [0.1, 0.15) is 5.82 Å². The Labute approximate surface area is 158 Å². The molecule has 136 valence electrons. The molecule has 0 saturated heterocycles. The van der Waals surface area contributed by atoms with Crippen LogP contribution in [0.1, 0.15) is 43.6 Å². The first-order valence-electron chi connectivity index (χ1n) is 9.77. The van der Waals surface area contributed by atoms with Crippen molar-refractivity contribution in [2.24, 2.45) is 0 Å². The van der Waals surface area contributed by atoms with Gasteiger partial charge in [-0.3, -0.25) is 4.40 Å². The number of nitrogens with zero attached hydrogens (tertiary/aromatic N) is 4. The zero-order valence-electron chi connectivity index (χ0n) is 15.5. The normalized spacial score (nSPS) is 15.4. The number of hydrogen-bond donors (Lipinski definition) is 1. The molecule has 1 saturated carbocycles. The summed E-state index contributed by atoms with van der Waals surface area (Å²) in [7, 11) is 1.89. The number of hydrogen-bond acceptors (Lipinski definition) is 4. The Kier molecular flexibility index (Phi) is 4.00. The summed E-state index contributed by atoms with van der Waals surface area (Å²) >= 11 is 0. The van der Waals surface area contributed by atoms with Crippen molar-refractivity contribution in [1.82, 2.24) is 19.6 Å². The van der Waals surface area contributed by atoms with Crippen molar-refractivity contribution < 1.29 is 0 Å². The SMILES string of the molecule is CNc1nc2nnc(-c3cccc(C4CCCCC4)c3)n2c2ccccc12. The Morgan fingerprint density at radius 1 is 0.963 bits per heavy atom. The van der Waals surface area contributed by atoms with Gasteiger partial charge >= 0.3 is 0 Å². The highest BCUT2D eigenvalue weighted by atomic mass is 15.3. The van der Waals surface area contributed by atoms with Crippen LogP contribution in [0.15, 0.2) is 48.5 Å². The van der Waals surface area contributed by atoms with Gasteiger partial charge in [-0.15, -0.1) is 10.2 Å². The van der Waals surface area contributed by atoms with E-state index in [2.05, 4.69) is 61.3 Å². The minimum Gasteiger partial charge on any atom is -0.372 e. The Morgan fingerprint density at radius 3 is 2.67 bits per heavy atom. The molecule has 2 aromatic carbocycles. The molecule has 5 rings (SSSR count). The number of rotatable bonds is 3. The summed E-state index contributed by atoms with van der Waals surface area (Å²) in [5, 5.41) is 13.1. The van der Waals surface area contributed by atoms with E-state index in [1.807, 2.05) is 19.2 Å². The molecule has 1 aliphatic rings. The van der Waals surface area contributed by atoms with Gasteiger partial charge in [0.15, 0.2) is 5.82 Å². The zero-order valence-corrected chi connectivity index (χ0v) is 15.5. The van der Waals surface area contributed by atoms with Gasteiger partial charge < -0.3 is 5.32 Å². The van der Waals surface area contributed by atoms with Gasteiger partial charge in [-0.1, -0.05) is 49.6 Å². The van der Waals surface area contributed by atoms with Gasteiger partial charge in [-0.05, 0) is 42.5 Å². The maximum Gasteiger partial charge on any atom is 0.257 e. The van der Waals surface area contributed by atoms with Crippen molar-refractivity contribution in [3.63, 3.8) is 0 Å². The number of fused-ring (bicyclic) bond motifs is 3. The first-order valence-corrected chi connectivity index (χ1v) is 9.77. The number of nitrogens with one attached hydrogen (secondary N) is 1. The minimum absolute atomic E-state index is 0.621. The average Bonchev–Trinajstić information content (AvgIpc) is 3.18. The van der Waals surface area contributed by atoms with Crippen LogP contribution >= 0.6 is 0 Å². The fourth-order valence-electron chi connectivity index (χ4n) is 4.34. The van der Waals surface area contributed by atoms with E-state index in [1.54, 1.807) is 0 Å². The highest BCUT2D eigenvalue weighted by molar-refractivity contribution is 5.92. The molecule has 0 aliphatic heterocycles. The predicted octanol–water partition coefficient (Wildman–Crippen LogP) is 5.03. The van der Waals surface area contributed by atoms with E-state index >= 15 is 0 Å². The van der Waals surface area contributed by atoms with E-state index < -0.39 is 0 Å². The molecule has 1 fully saturated rings. The molecule has 1 aliphatic carbocycles. The summed E-state index contributed by atoms with van der Waals surface area (Å²) in [6, 6.07) is 17.1. The third-order valence-corrected chi connectivity index (χ3v) is 5.72. The van der Waals surface area contributed by atoms with Crippen molar-refractivity contribution in [2.45, 2.75) is 38.0 Å². The molecule has 2 heterocycles. The highest BCUT2D eigenvalue weighted by Gasteiger charge is 2.18. The van der Waals surface area contributed by atoms with Crippen molar-refractivity contribution in [3.05, 3.63) is 54.1 Å². The Bertz CT molecular complexity index is 1110. The molecule has 5 heteroatoms. The van der Waals surface area contributed by atoms with Crippen LogP contribution in [0.4, 0.5) is 5.82 Å². The van der Waals surface area contributed by atoms with Gasteiger partial charge in [-0.25, -0.2) is 0 Å². The van der Waals surface area contributed by atoms with Gasteiger partial charge in [0.2, 0.25) is 0 Å². The zero-order chi connectivity index (χ0) is 18.2. The lowest BCUT2D eigenvalue weighted by molar-refractivity contribution is 0.443. The van der Waals surface area contributed by atoms with Gasteiger partial charge in [0, 0.05) is 18.0 Å². The monoisotopic (exact) mass is 357 g/mol. The van der Waals surface area contributed by atoms with Crippen LogP contribution in [0.5, 0.6) is 0 Å². The second kappa shape index (κ2) is 6.65. The third kappa shape index (κ3) is 2.74. The summed E-state index contributed by atoms with van der Waals surface area (Å²) in [5.41, 5.74) is 3.60. The van der Waals surface area contributed by atoms with Crippen molar-refractivity contribution in [1.29, 1.82) is 0 Å². The quantitative estimate of drug-likeness (QED) is 0.558. The van der Waals surface area contributed by atoms with E-state index in [-0.39, 0.29) is 0 Å². The van der Waals surface area contributed by atoms with Crippen molar-refractivity contribution >= 4 is 22.5 Å². The Hall–Kier alpha value is -2.95. The average molecular weight is 357 g/mol.